The molecule has 0 saturated carbocycles. The number of carbonyl (C=O) groups is 2. The number of hydrogen-bond acceptors (Lipinski definition) is 4. The van der Waals surface area contributed by atoms with Crippen molar-refractivity contribution in [1.82, 2.24) is 0 Å². The van der Waals surface area contributed by atoms with E-state index in [9.17, 15) is 14.7 Å². The third-order valence-corrected chi connectivity index (χ3v) is 5.30. The van der Waals surface area contributed by atoms with E-state index < -0.39 is 23.5 Å². The molecular weight excluding hydrogens is 329 g/mol. The predicted molar refractivity (Wildman–Crippen MR) is 79.8 cm³/mol. The molecule has 0 radical (unpaired) electrons. The fourth-order valence-electron chi connectivity index (χ4n) is 3.56. The van der Waals surface area contributed by atoms with Crippen LogP contribution in [0.3, 0.4) is 0 Å². The minimum atomic E-state index is -1.09. The lowest BCUT2D eigenvalue weighted by atomic mass is 9.77. The van der Waals surface area contributed by atoms with Crippen molar-refractivity contribution in [2.45, 2.75) is 11.7 Å². The molecule has 4 rings (SSSR count). The number of imide groups is 1. The van der Waals surface area contributed by atoms with Gasteiger partial charge in [-0.2, -0.15) is 0 Å². The van der Waals surface area contributed by atoms with E-state index in [1.54, 1.807) is 24.3 Å². The molecule has 5 nitrogen and oxygen atoms in total. The van der Waals surface area contributed by atoms with Gasteiger partial charge in [-0.05, 0) is 18.2 Å². The number of amides is 2. The van der Waals surface area contributed by atoms with Crippen molar-refractivity contribution in [3.8, 4) is 0 Å². The molecule has 1 aromatic carbocycles. The molecule has 0 spiro atoms. The van der Waals surface area contributed by atoms with Crippen LogP contribution in [0, 0.1) is 11.8 Å². The van der Waals surface area contributed by atoms with Gasteiger partial charge in [-0.25, -0.2) is 4.90 Å². The number of aliphatic hydroxyl groups excluding tert-OH is 1. The summed E-state index contributed by atoms with van der Waals surface area (Å²) in [5.74, 6) is -2.01. The van der Waals surface area contributed by atoms with E-state index in [-0.39, 0.29) is 23.4 Å². The van der Waals surface area contributed by atoms with Crippen molar-refractivity contribution < 1.29 is 19.4 Å². The number of benzene rings is 1. The van der Waals surface area contributed by atoms with Gasteiger partial charge in [-0.1, -0.05) is 35.4 Å². The van der Waals surface area contributed by atoms with Gasteiger partial charge in [-0.15, -0.1) is 0 Å². The summed E-state index contributed by atoms with van der Waals surface area (Å²) in [5, 5.41) is 10.3. The molecule has 7 heteroatoms. The summed E-state index contributed by atoms with van der Waals surface area (Å²) in [6, 6.07) is 4.61. The summed E-state index contributed by atoms with van der Waals surface area (Å²) in [6.45, 7) is -0.338. The first kappa shape index (κ1) is 14.2. The van der Waals surface area contributed by atoms with E-state index >= 15 is 0 Å². The van der Waals surface area contributed by atoms with Crippen LogP contribution in [0.5, 0.6) is 0 Å². The van der Waals surface area contributed by atoms with E-state index in [0.29, 0.717) is 10.7 Å². The third-order valence-electron chi connectivity index (χ3n) is 4.56. The number of ether oxygens (including phenoxy) is 1. The summed E-state index contributed by atoms with van der Waals surface area (Å²) in [6.07, 6.45) is 2.95. The van der Waals surface area contributed by atoms with E-state index in [4.69, 9.17) is 27.9 Å². The van der Waals surface area contributed by atoms with Crippen LogP contribution in [-0.2, 0) is 14.3 Å². The Kier molecular flexibility index (Phi) is 2.94. The Labute approximate surface area is 136 Å². The van der Waals surface area contributed by atoms with Crippen molar-refractivity contribution in [3.63, 3.8) is 0 Å². The van der Waals surface area contributed by atoms with E-state index in [1.807, 2.05) is 0 Å². The molecule has 1 aromatic rings. The lowest BCUT2D eigenvalue weighted by Gasteiger charge is -2.26. The average Bonchev–Trinajstić information content (AvgIpc) is 3.14. The molecule has 3 aliphatic heterocycles. The van der Waals surface area contributed by atoms with Gasteiger partial charge in [0.25, 0.3) is 0 Å². The van der Waals surface area contributed by atoms with Crippen LogP contribution >= 0.6 is 23.2 Å². The maximum atomic E-state index is 12.8. The standard InChI is InChI=1S/C15H11Cl2NO4/c16-8-2-1-7(5-9(8)17)18-13(20)11-10-3-4-15(6-19,22-10)12(11)14(18)21/h1-5,10-12,19H,6H2/t10-,11-,12-,15+/m1/s1. The molecule has 1 N–H and O–H groups in total. The van der Waals surface area contributed by atoms with Crippen molar-refractivity contribution in [1.29, 1.82) is 0 Å². The molecule has 22 heavy (non-hydrogen) atoms. The number of fused-ring (bicyclic) bond motifs is 5. The van der Waals surface area contributed by atoms with Gasteiger partial charge in [0.15, 0.2) is 0 Å². The van der Waals surface area contributed by atoms with Crippen molar-refractivity contribution >= 4 is 40.7 Å². The summed E-state index contributed by atoms with van der Waals surface area (Å²) in [4.78, 5) is 26.5. The number of hydrogen-bond donors (Lipinski definition) is 1. The highest BCUT2D eigenvalue weighted by molar-refractivity contribution is 6.42. The largest absolute Gasteiger partial charge is 0.393 e. The first-order chi connectivity index (χ1) is 10.5. The summed E-state index contributed by atoms with van der Waals surface area (Å²) < 4.78 is 5.67. The molecule has 114 valence electrons. The van der Waals surface area contributed by atoms with Crippen molar-refractivity contribution in [3.05, 3.63) is 40.4 Å². The van der Waals surface area contributed by atoms with Gasteiger partial charge in [0.2, 0.25) is 11.8 Å². The average molecular weight is 340 g/mol. The minimum absolute atomic E-state index is 0.269. The fraction of sp³-hybridized carbons (Fsp3) is 0.333. The molecule has 3 heterocycles. The van der Waals surface area contributed by atoms with Crippen LogP contribution in [0.1, 0.15) is 0 Å². The topological polar surface area (TPSA) is 66.8 Å². The Hall–Kier alpha value is -1.40. The first-order valence-electron chi connectivity index (χ1n) is 6.79. The number of aliphatic hydroxyl groups is 1. The van der Waals surface area contributed by atoms with Gasteiger partial charge in [0.1, 0.15) is 5.60 Å². The van der Waals surface area contributed by atoms with Gasteiger partial charge < -0.3 is 9.84 Å². The van der Waals surface area contributed by atoms with Crippen LogP contribution in [0.2, 0.25) is 10.0 Å². The second-order valence-electron chi connectivity index (χ2n) is 5.67. The molecule has 0 aliphatic carbocycles. The Morgan fingerprint density at radius 1 is 1.23 bits per heavy atom. The number of carbonyl (C=O) groups excluding carboxylic acids is 2. The molecule has 2 fully saturated rings. The summed E-state index contributed by atoms with van der Waals surface area (Å²) in [5.41, 5.74) is -0.709. The van der Waals surface area contributed by atoms with Gasteiger partial charge >= 0.3 is 0 Å². The molecular formula is C15H11Cl2NO4. The number of anilines is 1. The highest BCUT2D eigenvalue weighted by Gasteiger charge is 2.67. The Balaban J connectivity index is 1.77. The number of nitrogens with zero attached hydrogens (tertiary/aromatic N) is 1. The maximum Gasteiger partial charge on any atom is 0.241 e. The van der Waals surface area contributed by atoms with Crippen LogP contribution in [0.15, 0.2) is 30.4 Å². The molecule has 0 aromatic heterocycles. The predicted octanol–water partition coefficient (Wildman–Crippen LogP) is 1.80. The normalized spacial score (nSPS) is 35.6. The highest BCUT2D eigenvalue weighted by Crippen LogP contribution is 2.52. The lowest BCUT2D eigenvalue weighted by Crippen LogP contribution is -2.43. The Morgan fingerprint density at radius 2 is 2.00 bits per heavy atom. The molecule has 2 amide bonds. The summed E-state index contributed by atoms with van der Waals surface area (Å²) >= 11 is 11.8. The minimum Gasteiger partial charge on any atom is -0.393 e. The maximum absolute atomic E-state index is 12.8. The quantitative estimate of drug-likeness (QED) is 0.659. The Bertz CT molecular complexity index is 734. The molecule has 0 unspecified atom stereocenters. The highest BCUT2D eigenvalue weighted by atomic mass is 35.5. The van der Waals surface area contributed by atoms with Crippen LogP contribution in [-0.4, -0.2) is 35.2 Å². The van der Waals surface area contributed by atoms with E-state index in [2.05, 4.69) is 0 Å². The van der Waals surface area contributed by atoms with E-state index in [1.165, 1.54) is 6.07 Å². The smallest absolute Gasteiger partial charge is 0.241 e. The first-order valence-corrected chi connectivity index (χ1v) is 7.55. The van der Waals surface area contributed by atoms with Crippen LogP contribution in [0.25, 0.3) is 0 Å². The summed E-state index contributed by atoms with van der Waals surface area (Å²) in [7, 11) is 0. The zero-order valence-electron chi connectivity index (χ0n) is 11.2. The molecule has 4 atom stereocenters. The number of halogens is 2. The molecule has 2 bridgehead atoms. The second-order valence-corrected chi connectivity index (χ2v) is 6.48. The third kappa shape index (κ3) is 1.62. The number of rotatable bonds is 2. The Morgan fingerprint density at radius 3 is 2.68 bits per heavy atom. The van der Waals surface area contributed by atoms with Crippen molar-refractivity contribution in [2.24, 2.45) is 11.8 Å². The molecule has 2 saturated heterocycles. The van der Waals surface area contributed by atoms with E-state index in [0.717, 1.165) is 4.90 Å². The zero-order valence-corrected chi connectivity index (χ0v) is 12.7. The monoisotopic (exact) mass is 339 g/mol. The van der Waals surface area contributed by atoms with Gasteiger partial charge in [-0.3, -0.25) is 9.59 Å². The zero-order chi connectivity index (χ0) is 15.6. The van der Waals surface area contributed by atoms with Gasteiger partial charge in [0, 0.05) is 0 Å². The lowest BCUT2D eigenvalue weighted by molar-refractivity contribution is -0.128. The van der Waals surface area contributed by atoms with Crippen LogP contribution < -0.4 is 4.90 Å². The second kappa shape index (κ2) is 4.55. The van der Waals surface area contributed by atoms with Gasteiger partial charge in [0.05, 0.1) is 40.3 Å². The SMILES string of the molecule is O=C1[C@@H]2[C@H]3C=C[C@@](CO)(O3)[C@H]2C(=O)N1c1ccc(Cl)c(Cl)c1. The van der Waals surface area contributed by atoms with Crippen molar-refractivity contribution in [2.75, 3.05) is 11.5 Å². The molecule has 3 aliphatic rings. The van der Waals surface area contributed by atoms with Crippen LogP contribution in [0.4, 0.5) is 5.69 Å². The fourth-order valence-corrected chi connectivity index (χ4v) is 3.85.